The fourth-order valence-electron chi connectivity index (χ4n) is 0.912. The van der Waals surface area contributed by atoms with E-state index in [1.807, 2.05) is 13.8 Å². The Morgan fingerprint density at radius 3 is 2.67 bits per heavy atom. The van der Waals surface area contributed by atoms with Gasteiger partial charge in [0.05, 0.1) is 14.5 Å². The van der Waals surface area contributed by atoms with Crippen LogP contribution >= 0.6 is 0 Å². The molecule has 0 amide bonds. The van der Waals surface area contributed by atoms with Crippen molar-refractivity contribution in [1.29, 1.82) is 0 Å². The molecular weight excluding hydrogens is 189 g/mol. The van der Waals surface area contributed by atoms with E-state index in [0.29, 0.717) is 24.3 Å². The first kappa shape index (κ1) is 13.7. The number of ether oxygens (including phenoxy) is 1. The van der Waals surface area contributed by atoms with Crippen LogP contribution in [0.4, 0.5) is 0 Å². The van der Waals surface area contributed by atoms with Gasteiger partial charge in [0, 0.05) is 5.69 Å². The van der Waals surface area contributed by atoms with Gasteiger partial charge in [-0.15, -0.1) is 0 Å². The number of nitrogens with zero attached hydrogens (tertiary/aromatic N) is 1. The van der Waals surface area contributed by atoms with E-state index in [1.54, 1.807) is 25.1 Å². The van der Waals surface area contributed by atoms with Gasteiger partial charge < -0.3 is 4.74 Å². The predicted octanol–water partition coefficient (Wildman–Crippen LogP) is 1.95. The normalized spacial score (nSPS) is 8.73. The molecular formula is C11H16BNO2. The summed E-state index contributed by atoms with van der Waals surface area (Å²) in [6.45, 7) is 6.11. The molecule has 0 aromatic carbocycles. The molecule has 15 heavy (non-hydrogen) atoms. The van der Waals surface area contributed by atoms with Crippen LogP contribution in [-0.2, 0) is 11.1 Å². The minimum absolute atomic E-state index is 0.310. The molecule has 4 heteroatoms. The zero-order valence-electron chi connectivity index (χ0n) is 9.49. The number of esters is 1. The van der Waals surface area contributed by atoms with Crippen molar-refractivity contribution in [2.45, 2.75) is 27.1 Å². The highest BCUT2D eigenvalue weighted by molar-refractivity contribution is 6.08. The molecule has 0 spiro atoms. The standard InChI is InChI=1S/C9H10BNO2.C2H6/c1-2-13-9(12)8-5-3-4-7(6-10)11-8;1-2/h3-5H,2,6H2,1H3;1-2H3. The maximum absolute atomic E-state index is 11.2. The van der Waals surface area contributed by atoms with Gasteiger partial charge in [-0.05, 0) is 25.4 Å². The minimum atomic E-state index is -0.405. The van der Waals surface area contributed by atoms with E-state index in [9.17, 15) is 4.79 Å². The number of aromatic nitrogens is 1. The van der Waals surface area contributed by atoms with Crippen molar-refractivity contribution >= 4 is 13.8 Å². The lowest BCUT2D eigenvalue weighted by Crippen LogP contribution is -2.08. The van der Waals surface area contributed by atoms with Gasteiger partial charge in [-0.25, -0.2) is 9.78 Å². The van der Waals surface area contributed by atoms with Crippen molar-refractivity contribution in [2.24, 2.45) is 0 Å². The molecule has 1 heterocycles. The number of carbonyl (C=O) groups is 1. The van der Waals surface area contributed by atoms with Crippen LogP contribution in [0.15, 0.2) is 18.2 Å². The van der Waals surface area contributed by atoms with Gasteiger partial charge in [-0.2, -0.15) is 0 Å². The summed E-state index contributed by atoms with van der Waals surface area (Å²) in [4.78, 5) is 15.2. The van der Waals surface area contributed by atoms with Crippen LogP contribution in [0.1, 0.15) is 37.0 Å². The molecule has 1 rings (SSSR count). The van der Waals surface area contributed by atoms with E-state index >= 15 is 0 Å². The molecule has 0 saturated carbocycles. The Kier molecular flexibility index (Phi) is 7.33. The van der Waals surface area contributed by atoms with Crippen LogP contribution in [0.5, 0.6) is 0 Å². The van der Waals surface area contributed by atoms with E-state index in [1.165, 1.54) is 0 Å². The molecule has 0 atom stereocenters. The van der Waals surface area contributed by atoms with Gasteiger partial charge in [-0.1, -0.05) is 19.9 Å². The highest BCUT2D eigenvalue weighted by atomic mass is 16.5. The van der Waals surface area contributed by atoms with Crippen LogP contribution in [0.3, 0.4) is 0 Å². The maximum atomic E-state index is 11.2. The average Bonchev–Trinajstić information content (AvgIpc) is 2.32. The lowest BCUT2D eigenvalue weighted by atomic mass is 10.0. The summed E-state index contributed by atoms with van der Waals surface area (Å²) in [5, 5.41) is 0. The quantitative estimate of drug-likeness (QED) is 0.559. The molecule has 0 N–H and O–H groups in total. The molecule has 0 saturated heterocycles. The van der Waals surface area contributed by atoms with Gasteiger partial charge in [0.25, 0.3) is 0 Å². The van der Waals surface area contributed by atoms with Crippen molar-refractivity contribution in [2.75, 3.05) is 6.61 Å². The third kappa shape index (κ3) is 4.63. The maximum Gasteiger partial charge on any atom is 0.356 e. The van der Waals surface area contributed by atoms with Gasteiger partial charge in [0.1, 0.15) is 5.69 Å². The van der Waals surface area contributed by atoms with Crippen LogP contribution in [0, 0.1) is 0 Å². The van der Waals surface area contributed by atoms with E-state index in [-0.39, 0.29) is 0 Å². The second-order valence-corrected chi connectivity index (χ2v) is 2.44. The summed E-state index contributed by atoms with van der Waals surface area (Å²) < 4.78 is 4.79. The van der Waals surface area contributed by atoms with E-state index in [4.69, 9.17) is 12.6 Å². The Morgan fingerprint density at radius 2 is 2.13 bits per heavy atom. The smallest absolute Gasteiger partial charge is 0.356 e. The molecule has 0 aliphatic carbocycles. The summed E-state index contributed by atoms with van der Waals surface area (Å²) in [7, 11) is 5.38. The number of carbonyl (C=O) groups excluding carboxylic acids is 1. The van der Waals surface area contributed by atoms with Crippen LogP contribution < -0.4 is 0 Å². The first-order valence-corrected chi connectivity index (χ1v) is 5.11. The second-order valence-electron chi connectivity index (χ2n) is 2.44. The SMILES string of the molecule is CC.[B]Cc1cccc(C(=O)OCC)n1. The summed E-state index contributed by atoms with van der Waals surface area (Å²) in [6, 6.07) is 5.11. The molecule has 0 aliphatic rings. The Bertz CT molecular complexity index is 302. The average molecular weight is 205 g/mol. The zero-order chi connectivity index (χ0) is 11.7. The number of pyridine rings is 1. The third-order valence-electron chi connectivity index (χ3n) is 1.50. The van der Waals surface area contributed by atoms with Gasteiger partial charge in [0.2, 0.25) is 0 Å². The molecule has 1 aromatic rings. The Labute approximate surface area is 92.3 Å². The predicted molar refractivity (Wildman–Crippen MR) is 61.0 cm³/mol. The van der Waals surface area contributed by atoms with Crippen molar-refractivity contribution < 1.29 is 9.53 Å². The van der Waals surface area contributed by atoms with Crippen molar-refractivity contribution in [3.8, 4) is 0 Å². The molecule has 1 aromatic heterocycles. The highest BCUT2D eigenvalue weighted by Crippen LogP contribution is 2.01. The lowest BCUT2D eigenvalue weighted by molar-refractivity contribution is 0.0519. The molecule has 0 fully saturated rings. The molecule has 80 valence electrons. The molecule has 3 nitrogen and oxygen atoms in total. The van der Waals surface area contributed by atoms with Crippen molar-refractivity contribution in [1.82, 2.24) is 4.98 Å². The Hall–Kier alpha value is -1.32. The number of rotatable bonds is 3. The first-order valence-electron chi connectivity index (χ1n) is 5.11. The number of hydrogen-bond acceptors (Lipinski definition) is 3. The molecule has 0 unspecified atom stereocenters. The van der Waals surface area contributed by atoms with Crippen LogP contribution in [0.2, 0.25) is 0 Å². The summed E-state index contributed by atoms with van der Waals surface area (Å²) >= 11 is 0. The molecule has 0 aliphatic heterocycles. The van der Waals surface area contributed by atoms with E-state index in [2.05, 4.69) is 4.98 Å². The summed E-state index contributed by atoms with van der Waals surface area (Å²) in [5.41, 5.74) is 0.996. The fraction of sp³-hybridized carbons (Fsp3) is 0.455. The fourth-order valence-corrected chi connectivity index (χ4v) is 0.912. The zero-order valence-corrected chi connectivity index (χ0v) is 9.49. The monoisotopic (exact) mass is 205 g/mol. The summed E-state index contributed by atoms with van der Waals surface area (Å²) in [6.07, 6.45) is 0.327. The largest absolute Gasteiger partial charge is 0.461 e. The summed E-state index contributed by atoms with van der Waals surface area (Å²) in [5.74, 6) is -0.405. The second kappa shape index (κ2) is 8.03. The van der Waals surface area contributed by atoms with Crippen molar-refractivity contribution in [3.05, 3.63) is 29.6 Å². The van der Waals surface area contributed by atoms with E-state index < -0.39 is 5.97 Å². The lowest BCUT2D eigenvalue weighted by Gasteiger charge is -2.01. The van der Waals surface area contributed by atoms with Gasteiger partial charge >= 0.3 is 5.97 Å². The third-order valence-corrected chi connectivity index (χ3v) is 1.50. The Morgan fingerprint density at radius 1 is 1.47 bits per heavy atom. The van der Waals surface area contributed by atoms with Crippen molar-refractivity contribution in [3.63, 3.8) is 0 Å². The number of hydrogen-bond donors (Lipinski definition) is 0. The Balaban J connectivity index is 0.000000921. The van der Waals surface area contributed by atoms with Gasteiger partial charge in [0.15, 0.2) is 0 Å². The van der Waals surface area contributed by atoms with Crippen LogP contribution in [0.25, 0.3) is 0 Å². The minimum Gasteiger partial charge on any atom is -0.461 e. The van der Waals surface area contributed by atoms with Crippen LogP contribution in [-0.4, -0.2) is 25.4 Å². The van der Waals surface area contributed by atoms with Gasteiger partial charge in [-0.3, -0.25) is 0 Å². The highest BCUT2D eigenvalue weighted by Gasteiger charge is 2.07. The first-order chi connectivity index (χ1) is 7.27. The topological polar surface area (TPSA) is 39.2 Å². The molecule has 2 radical (unpaired) electrons. The van der Waals surface area contributed by atoms with E-state index in [0.717, 1.165) is 0 Å². The molecule has 0 bridgehead atoms.